The standard InChI is InChI=1S/C12H24N2/c1-10-2-4-11(5-3-10)9-14-7-6-12(14)8-13/h10-12H,2-9,13H2,1H3. The van der Waals surface area contributed by atoms with Gasteiger partial charge in [0.25, 0.3) is 0 Å². The maximum atomic E-state index is 5.71. The molecule has 14 heavy (non-hydrogen) atoms. The van der Waals surface area contributed by atoms with Crippen molar-refractivity contribution in [3.8, 4) is 0 Å². The molecule has 0 amide bonds. The van der Waals surface area contributed by atoms with Gasteiger partial charge < -0.3 is 5.73 Å². The Kier molecular flexibility index (Phi) is 3.45. The lowest BCUT2D eigenvalue weighted by Gasteiger charge is -2.43. The monoisotopic (exact) mass is 196 g/mol. The summed E-state index contributed by atoms with van der Waals surface area (Å²) in [7, 11) is 0. The molecule has 1 heterocycles. The normalized spacial score (nSPS) is 39.4. The van der Waals surface area contributed by atoms with Crippen molar-refractivity contribution >= 4 is 0 Å². The van der Waals surface area contributed by atoms with Crippen molar-refractivity contribution in [2.45, 2.75) is 45.1 Å². The predicted octanol–water partition coefficient (Wildman–Crippen LogP) is 1.85. The molecule has 0 aromatic heterocycles. The van der Waals surface area contributed by atoms with Gasteiger partial charge in [-0.1, -0.05) is 19.8 Å². The first-order valence-electron chi connectivity index (χ1n) is 6.23. The zero-order valence-corrected chi connectivity index (χ0v) is 9.41. The van der Waals surface area contributed by atoms with Crippen molar-refractivity contribution in [1.29, 1.82) is 0 Å². The van der Waals surface area contributed by atoms with Crippen LogP contribution in [0.3, 0.4) is 0 Å². The maximum absolute atomic E-state index is 5.71. The average molecular weight is 196 g/mol. The third kappa shape index (κ3) is 2.29. The zero-order valence-electron chi connectivity index (χ0n) is 9.41. The highest BCUT2D eigenvalue weighted by atomic mass is 15.2. The summed E-state index contributed by atoms with van der Waals surface area (Å²) >= 11 is 0. The molecule has 2 fully saturated rings. The van der Waals surface area contributed by atoms with Crippen molar-refractivity contribution in [2.24, 2.45) is 17.6 Å². The van der Waals surface area contributed by atoms with E-state index in [1.807, 2.05) is 0 Å². The van der Waals surface area contributed by atoms with E-state index in [-0.39, 0.29) is 0 Å². The number of likely N-dealkylation sites (tertiary alicyclic amines) is 1. The number of nitrogens with two attached hydrogens (primary N) is 1. The summed E-state index contributed by atoms with van der Waals surface area (Å²) in [5.41, 5.74) is 5.71. The Morgan fingerprint density at radius 1 is 1.14 bits per heavy atom. The third-order valence-corrected chi connectivity index (χ3v) is 4.17. The topological polar surface area (TPSA) is 29.3 Å². The van der Waals surface area contributed by atoms with Gasteiger partial charge in [-0.25, -0.2) is 0 Å². The van der Waals surface area contributed by atoms with E-state index in [0.717, 1.165) is 18.4 Å². The SMILES string of the molecule is CC1CCC(CN2CCC2CN)CC1. The van der Waals surface area contributed by atoms with Crippen LogP contribution < -0.4 is 5.73 Å². The van der Waals surface area contributed by atoms with Crippen molar-refractivity contribution in [1.82, 2.24) is 4.90 Å². The summed E-state index contributed by atoms with van der Waals surface area (Å²) in [5.74, 6) is 1.95. The second kappa shape index (κ2) is 4.63. The molecule has 82 valence electrons. The second-order valence-corrected chi connectivity index (χ2v) is 5.30. The van der Waals surface area contributed by atoms with Crippen LogP contribution in [0.2, 0.25) is 0 Å². The Bertz CT molecular complexity index is 171. The average Bonchev–Trinajstić information content (AvgIpc) is 2.16. The van der Waals surface area contributed by atoms with Gasteiger partial charge in [0, 0.05) is 25.7 Å². The summed E-state index contributed by atoms with van der Waals surface area (Å²) < 4.78 is 0. The first kappa shape index (κ1) is 10.4. The Balaban J connectivity index is 1.70. The molecule has 2 rings (SSSR count). The molecule has 1 aliphatic heterocycles. The summed E-state index contributed by atoms with van der Waals surface area (Å²) in [5, 5.41) is 0. The molecule has 2 aliphatic rings. The highest BCUT2D eigenvalue weighted by molar-refractivity contribution is 4.85. The van der Waals surface area contributed by atoms with E-state index in [1.54, 1.807) is 0 Å². The smallest absolute Gasteiger partial charge is 0.0230 e. The minimum atomic E-state index is 0.717. The Hall–Kier alpha value is -0.0800. The Morgan fingerprint density at radius 3 is 2.36 bits per heavy atom. The molecule has 1 atom stereocenters. The van der Waals surface area contributed by atoms with Gasteiger partial charge in [0.15, 0.2) is 0 Å². The zero-order chi connectivity index (χ0) is 9.97. The first-order valence-corrected chi connectivity index (χ1v) is 6.23. The molecule has 0 aromatic carbocycles. The van der Waals surface area contributed by atoms with E-state index < -0.39 is 0 Å². The van der Waals surface area contributed by atoms with Crippen LogP contribution >= 0.6 is 0 Å². The van der Waals surface area contributed by atoms with E-state index in [2.05, 4.69) is 11.8 Å². The number of rotatable bonds is 3. The number of nitrogens with zero attached hydrogens (tertiary/aromatic N) is 1. The molecule has 1 unspecified atom stereocenters. The lowest BCUT2D eigenvalue weighted by atomic mass is 9.82. The van der Waals surface area contributed by atoms with Crippen LogP contribution in [0.25, 0.3) is 0 Å². The summed E-state index contributed by atoms with van der Waals surface area (Å²) in [6, 6.07) is 0.717. The lowest BCUT2D eigenvalue weighted by Crippen LogP contribution is -2.53. The minimum Gasteiger partial charge on any atom is -0.329 e. The van der Waals surface area contributed by atoms with Gasteiger partial charge in [0.1, 0.15) is 0 Å². The van der Waals surface area contributed by atoms with Gasteiger partial charge in [-0.3, -0.25) is 4.90 Å². The first-order chi connectivity index (χ1) is 6.79. The molecular weight excluding hydrogens is 172 g/mol. The van der Waals surface area contributed by atoms with Gasteiger partial charge in [-0.2, -0.15) is 0 Å². The van der Waals surface area contributed by atoms with E-state index in [0.29, 0.717) is 6.04 Å². The minimum absolute atomic E-state index is 0.717. The molecule has 2 heteroatoms. The van der Waals surface area contributed by atoms with Crippen LogP contribution in [0.5, 0.6) is 0 Å². The van der Waals surface area contributed by atoms with Crippen molar-refractivity contribution in [2.75, 3.05) is 19.6 Å². The third-order valence-electron chi connectivity index (χ3n) is 4.17. The van der Waals surface area contributed by atoms with Gasteiger partial charge in [0.2, 0.25) is 0 Å². The molecule has 1 saturated carbocycles. The van der Waals surface area contributed by atoms with Gasteiger partial charge >= 0.3 is 0 Å². The van der Waals surface area contributed by atoms with Crippen LogP contribution in [0.15, 0.2) is 0 Å². The van der Waals surface area contributed by atoms with Crippen LogP contribution in [-0.4, -0.2) is 30.6 Å². The molecule has 1 aliphatic carbocycles. The van der Waals surface area contributed by atoms with E-state index >= 15 is 0 Å². The lowest BCUT2D eigenvalue weighted by molar-refractivity contribution is 0.0647. The Morgan fingerprint density at radius 2 is 1.86 bits per heavy atom. The summed E-state index contributed by atoms with van der Waals surface area (Å²) in [6.07, 6.45) is 7.14. The molecular formula is C12H24N2. The van der Waals surface area contributed by atoms with Crippen molar-refractivity contribution in [3.05, 3.63) is 0 Å². The quantitative estimate of drug-likeness (QED) is 0.746. The molecule has 2 nitrogen and oxygen atoms in total. The maximum Gasteiger partial charge on any atom is 0.0230 e. The van der Waals surface area contributed by atoms with Crippen molar-refractivity contribution in [3.63, 3.8) is 0 Å². The van der Waals surface area contributed by atoms with Crippen LogP contribution in [0.1, 0.15) is 39.0 Å². The predicted molar refractivity (Wildman–Crippen MR) is 60.2 cm³/mol. The largest absolute Gasteiger partial charge is 0.329 e. The van der Waals surface area contributed by atoms with Crippen molar-refractivity contribution < 1.29 is 0 Å². The van der Waals surface area contributed by atoms with Gasteiger partial charge in [0.05, 0.1) is 0 Å². The van der Waals surface area contributed by atoms with Gasteiger partial charge in [-0.15, -0.1) is 0 Å². The molecule has 0 radical (unpaired) electrons. The fraction of sp³-hybridized carbons (Fsp3) is 1.00. The van der Waals surface area contributed by atoms with Gasteiger partial charge in [-0.05, 0) is 31.1 Å². The fourth-order valence-corrected chi connectivity index (χ4v) is 2.84. The highest BCUT2D eigenvalue weighted by Crippen LogP contribution is 2.30. The summed E-state index contributed by atoms with van der Waals surface area (Å²) in [4.78, 5) is 2.60. The molecule has 0 bridgehead atoms. The highest BCUT2D eigenvalue weighted by Gasteiger charge is 2.29. The molecule has 1 saturated heterocycles. The number of hydrogen-bond acceptors (Lipinski definition) is 2. The number of hydrogen-bond donors (Lipinski definition) is 1. The second-order valence-electron chi connectivity index (χ2n) is 5.30. The molecule has 0 spiro atoms. The van der Waals surface area contributed by atoms with E-state index in [9.17, 15) is 0 Å². The molecule has 0 aromatic rings. The van der Waals surface area contributed by atoms with E-state index in [1.165, 1.54) is 45.2 Å². The summed E-state index contributed by atoms with van der Waals surface area (Å²) in [6.45, 7) is 5.88. The van der Waals surface area contributed by atoms with Crippen LogP contribution in [0, 0.1) is 11.8 Å². The van der Waals surface area contributed by atoms with E-state index in [4.69, 9.17) is 5.73 Å². The van der Waals surface area contributed by atoms with Crippen LogP contribution in [0.4, 0.5) is 0 Å². The van der Waals surface area contributed by atoms with Crippen LogP contribution in [-0.2, 0) is 0 Å². The molecule has 2 N–H and O–H groups in total. The fourth-order valence-electron chi connectivity index (χ4n) is 2.84. The Labute approximate surface area is 87.8 Å².